The maximum Gasteiger partial charge on any atom is 0.261 e. The van der Waals surface area contributed by atoms with Crippen LogP contribution < -0.4 is 5.32 Å². The molecule has 2 fully saturated rings. The summed E-state index contributed by atoms with van der Waals surface area (Å²) in [6.07, 6.45) is 3.74. The van der Waals surface area contributed by atoms with Crippen LogP contribution in [0.3, 0.4) is 0 Å². The molecule has 7 nitrogen and oxygen atoms in total. The van der Waals surface area contributed by atoms with E-state index in [4.69, 9.17) is 4.74 Å². The Morgan fingerprint density at radius 3 is 2.68 bits per heavy atom. The van der Waals surface area contributed by atoms with Gasteiger partial charge < -0.3 is 15.0 Å². The Kier molecular flexibility index (Phi) is 6.37. The molecule has 2 saturated heterocycles. The number of piperidine rings is 1. The van der Waals surface area contributed by atoms with Crippen molar-refractivity contribution in [2.24, 2.45) is 0 Å². The van der Waals surface area contributed by atoms with E-state index in [1.807, 2.05) is 11.9 Å². The lowest BCUT2D eigenvalue weighted by Gasteiger charge is -2.32. The van der Waals surface area contributed by atoms with Crippen molar-refractivity contribution < 1.29 is 19.1 Å². The predicted octanol–water partition coefficient (Wildman–Crippen LogP) is 1.71. The van der Waals surface area contributed by atoms with Crippen LogP contribution in [0.1, 0.15) is 56.8 Å². The summed E-state index contributed by atoms with van der Waals surface area (Å²) in [7, 11) is 1.90. The number of likely N-dealkylation sites (tertiary alicyclic amines) is 1. The van der Waals surface area contributed by atoms with Crippen molar-refractivity contribution in [1.29, 1.82) is 0 Å². The Morgan fingerprint density at radius 1 is 1.18 bits per heavy atom. The molecule has 1 aromatic rings. The number of hydrogen-bond donors (Lipinski definition) is 1. The van der Waals surface area contributed by atoms with E-state index >= 15 is 0 Å². The van der Waals surface area contributed by atoms with Crippen LogP contribution in [0.2, 0.25) is 0 Å². The highest BCUT2D eigenvalue weighted by molar-refractivity contribution is 6.22. The molecule has 152 valence electrons. The maximum absolute atomic E-state index is 12.9. The van der Waals surface area contributed by atoms with E-state index in [2.05, 4.69) is 5.32 Å². The largest absolute Gasteiger partial charge is 0.376 e. The third kappa shape index (κ3) is 3.79. The molecule has 2 unspecified atom stereocenters. The Balaban J connectivity index is 0.00000225. The van der Waals surface area contributed by atoms with Gasteiger partial charge in [-0.1, -0.05) is 0 Å². The number of benzene rings is 1. The number of nitrogens with one attached hydrogen (secondary N) is 1. The number of nitrogens with zero attached hydrogens (tertiary/aromatic N) is 2. The summed E-state index contributed by atoms with van der Waals surface area (Å²) >= 11 is 0. The van der Waals surface area contributed by atoms with Crippen molar-refractivity contribution in [3.63, 3.8) is 0 Å². The van der Waals surface area contributed by atoms with Gasteiger partial charge in [-0.25, -0.2) is 0 Å². The molecule has 0 aromatic heterocycles. The average molecular weight is 408 g/mol. The van der Waals surface area contributed by atoms with Crippen molar-refractivity contribution >= 4 is 30.1 Å². The molecule has 3 aliphatic rings. The summed E-state index contributed by atoms with van der Waals surface area (Å²) in [5, 5.41) is 3.22. The monoisotopic (exact) mass is 407 g/mol. The van der Waals surface area contributed by atoms with E-state index in [1.54, 1.807) is 18.2 Å². The standard InChI is InChI=1S/C20H25N3O4.ClH/c1-21-14-4-2-8-22(11-14)18(24)13-6-7-16-17(10-13)20(26)23(19(16)25)12-15-5-3-9-27-15;/h6-7,10,14-15,21H,2-5,8-9,11-12H2,1H3;1H. The first-order valence-corrected chi connectivity index (χ1v) is 9.67. The normalized spacial score (nSPS) is 24.3. The molecule has 8 heteroatoms. The smallest absolute Gasteiger partial charge is 0.261 e. The van der Waals surface area contributed by atoms with Crippen LogP contribution >= 0.6 is 12.4 Å². The second-order valence-corrected chi connectivity index (χ2v) is 7.50. The molecule has 0 bridgehead atoms. The number of fused-ring (bicyclic) bond motifs is 1. The molecule has 3 aliphatic heterocycles. The fourth-order valence-corrected chi connectivity index (χ4v) is 4.16. The van der Waals surface area contributed by atoms with Gasteiger partial charge in [0.2, 0.25) is 0 Å². The molecule has 28 heavy (non-hydrogen) atoms. The van der Waals surface area contributed by atoms with Crippen molar-refractivity contribution in [2.75, 3.05) is 33.3 Å². The highest BCUT2D eigenvalue weighted by atomic mass is 35.5. The second-order valence-electron chi connectivity index (χ2n) is 7.50. The number of hydrogen-bond acceptors (Lipinski definition) is 5. The highest BCUT2D eigenvalue weighted by Crippen LogP contribution is 2.27. The molecule has 1 N–H and O–H groups in total. The van der Waals surface area contributed by atoms with Crippen LogP contribution in [-0.4, -0.2) is 73.0 Å². The van der Waals surface area contributed by atoms with Gasteiger partial charge >= 0.3 is 0 Å². The molecule has 4 rings (SSSR count). The zero-order chi connectivity index (χ0) is 19.0. The Morgan fingerprint density at radius 2 is 1.96 bits per heavy atom. The van der Waals surface area contributed by atoms with E-state index in [1.165, 1.54) is 4.90 Å². The molecule has 0 radical (unpaired) electrons. The highest BCUT2D eigenvalue weighted by Gasteiger charge is 2.38. The fraction of sp³-hybridized carbons (Fsp3) is 0.550. The molecule has 0 spiro atoms. The van der Waals surface area contributed by atoms with Crippen LogP contribution in [0.25, 0.3) is 0 Å². The summed E-state index contributed by atoms with van der Waals surface area (Å²) in [5.41, 5.74) is 1.16. The van der Waals surface area contributed by atoms with Gasteiger partial charge in [0, 0.05) is 31.3 Å². The molecular formula is C20H26ClN3O4. The van der Waals surface area contributed by atoms with Gasteiger partial charge in [0.05, 0.1) is 23.8 Å². The molecule has 2 atom stereocenters. The first-order chi connectivity index (χ1) is 13.1. The number of carbonyl (C=O) groups is 3. The van der Waals surface area contributed by atoms with Crippen molar-refractivity contribution in [3.05, 3.63) is 34.9 Å². The van der Waals surface area contributed by atoms with Crippen LogP contribution in [0.4, 0.5) is 0 Å². The number of carbonyl (C=O) groups excluding carboxylic acids is 3. The molecule has 1 aromatic carbocycles. The van der Waals surface area contributed by atoms with Crippen LogP contribution in [0.5, 0.6) is 0 Å². The van der Waals surface area contributed by atoms with E-state index in [0.717, 1.165) is 25.7 Å². The topological polar surface area (TPSA) is 79.0 Å². The Labute approximate surface area is 170 Å². The predicted molar refractivity (Wildman–Crippen MR) is 106 cm³/mol. The third-order valence-electron chi connectivity index (χ3n) is 5.74. The van der Waals surface area contributed by atoms with Gasteiger partial charge in [-0.05, 0) is 50.9 Å². The number of rotatable bonds is 4. The lowest BCUT2D eigenvalue weighted by atomic mass is 10.0. The van der Waals surface area contributed by atoms with Crippen molar-refractivity contribution in [1.82, 2.24) is 15.1 Å². The molecule has 0 saturated carbocycles. The minimum atomic E-state index is -0.327. The molecule has 3 heterocycles. The average Bonchev–Trinajstić information content (AvgIpc) is 3.30. The lowest BCUT2D eigenvalue weighted by molar-refractivity contribution is 0.0475. The molecule has 0 aliphatic carbocycles. The van der Waals surface area contributed by atoms with Crippen LogP contribution in [0.15, 0.2) is 18.2 Å². The molecule has 3 amide bonds. The summed E-state index contributed by atoms with van der Waals surface area (Å²) in [6, 6.07) is 5.14. The van der Waals surface area contributed by atoms with E-state index in [-0.39, 0.29) is 42.8 Å². The first-order valence-electron chi connectivity index (χ1n) is 9.67. The number of halogens is 1. The first kappa shape index (κ1) is 20.8. The Hall–Kier alpha value is -1.96. The minimum Gasteiger partial charge on any atom is -0.376 e. The number of ether oxygens (including phenoxy) is 1. The second kappa shape index (κ2) is 8.59. The summed E-state index contributed by atoms with van der Waals surface area (Å²) < 4.78 is 5.56. The lowest BCUT2D eigenvalue weighted by Crippen LogP contribution is -2.47. The van der Waals surface area contributed by atoms with E-state index < -0.39 is 0 Å². The van der Waals surface area contributed by atoms with Gasteiger partial charge in [0.1, 0.15) is 0 Å². The third-order valence-corrected chi connectivity index (χ3v) is 5.74. The zero-order valence-electron chi connectivity index (χ0n) is 16.0. The van der Waals surface area contributed by atoms with E-state index in [0.29, 0.717) is 42.4 Å². The summed E-state index contributed by atoms with van der Waals surface area (Å²) in [4.78, 5) is 41.3. The SMILES string of the molecule is CNC1CCCN(C(=O)c2ccc3c(c2)C(=O)N(CC2CCCO2)C3=O)C1.Cl. The number of imide groups is 1. The summed E-state index contributed by atoms with van der Waals surface area (Å²) in [5.74, 6) is -0.708. The van der Waals surface area contributed by atoms with Crippen molar-refractivity contribution in [3.8, 4) is 0 Å². The van der Waals surface area contributed by atoms with Gasteiger partial charge in [-0.15, -0.1) is 12.4 Å². The fourth-order valence-electron chi connectivity index (χ4n) is 4.16. The molecular weight excluding hydrogens is 382 g/mol. The van der Waals surface area contributed by atoms with E-state index in [9.17, 15) is 14.4 Å². The number of amides is 3. The maximum atomic E-state index is 12.9. The Bertz CT molecular complexity index is 779. The number of likely N-dealkylation sites (N-methyl/N-ethyl adjacent to an activating group) is 1. The minimum absolute atomic E-state index is 0. The van der Waals surface area contributed by atoms with Gasteiger partial charge in [-0.3, -0.25) is 19.3 Å². The van der Waals surface area contributed by atoms with Gasteiger partial charge in [-0.2, -0.15) is 0 Å². The van der Waals surface area contributed by atoms with Gasteiger partial charge in [0.25, 0.3) is 17.7 Å². The summed E-state index contributed by atoms with van der Waals surface area (Å²) in [6.45, 7) is 2.33. The van der Waals surface area contributed by atoms with Crippen LogP contribution in [-0.2, 0) is 4.74 Å². The van der Waals surface area contributed by atoms with Crippen molar-refractivity contribution in [2.45, 2.75) is 37.8 Å². The zero-order valence-corrected chi connectivity index (χ0v) is 16.8. The quantitative estimate of drug-likeness (QED) is 0.768. The van der Waals surface area contributed by atoms with Gasteiger partial charge in [0.15, 0.2) is 0 Å². The van der Waals surface area contributed by atoms with Crippen LogP contribution in [0, 0.1) is 0 Å².